The van der Waals surface area contributed by atoms with E-state index in [-0.39, 0.29) is 19.0 Å². The highest BCUT2D eigenvalue weighted by Gasteiger charge is 2.24. The maximum absolute atomic E-state index is 12.4. The Balaban J connectivity index is 4.05. The Morgan fingerprint density at radius 2 is 1.06 bits per heavy atom. The van der Waals surface area contributed by atoms with E-state index in [1.54, 1.807) is 0 Å². The van der Waals surface area contributed by atoms with Gasteiger partial charge in [-0.3, -0.25) is 18.6 Å². The summed E-state index contributed by atoms with van der Waals surface area (Å²) in [6, 6.07) is 0. The third kappa shape index (κ3) is 34.2. The van der Waals surface area contributed by atoms with E-state index in [1.165, 1.54) is 83.5 Å². The zero-order valence-electron chi connectivity index (χ0n) is 30.4. The molecule has 2 atom stereocenters. The molecule has 1 N–H and O–H groups in total. The fourth-order valence-corrected chi connectivity index (χ4v) is 5.69. The Labute approximate surface area is 288 Å². The van der Waals surface area contributed by atoms with Crippen molar-refractivity contribution < 1.29 is 37.6 Å². The maximum atomic E-state index is 12.4. The minimum atomic E-state index is -4.26. The van der Waals surface area contributed by atoms with Gasteiger partial charge in [0.25, 0.3) is 0 Å². The molecule has 0 saturated heterocycles. The van der Waals surface area contributed by atoms with Crippen molar-refractivity contribution in [1.82, 2.24) is 0 Å². The summed E-state index contributed by atoms with van der Waals surface area (Å²) < 4.78 is 31.8. The molecule has 0 aromatic rings. The fourth-order valence-electron chi connectivity index (χ4n) is 5.22. The van der Waals surface area contributed by atoms with E-state index in [0.29, 0.717) is 12.8 Å². The minimum absolute atomic E-state index is 0.227. The summed E-state index contributed by atoms with van der Waals surface area (Å²) in [6.07, 6.45) is 36.5. The molecule has 0 saturated carbocycles. The van der Waals surface area contributed by atoms with Crippen molar-refractivity contribution in [2.24, 2.45) is 0 Å². The average Bonchev–Trinajstić information content (AvgIpc) is 3.06. The summed E-state index contributed by atoms with van der Waals surface area (Å²) in [5.41, 5.74) is 0. The molecule has 0 spiro atoms. The second-order valence-electron chi connectivity index (χ2n) is 12.7. The predicted octanol–water partition coefficient (Wildman–Crippen LogP) is 11.5. The summed E-state index contributed by atoms with van der Waals surface area (Å²) >= 11 is 0. The van der Waals surface area contributed by atoms with Crippen molar-refractivity contribution in [2.45, 2.75) is 187 Å². The van der Waals surface area contributed by atoms with E-state index in [2.05, 4.69) is 42.7 Å². The molecule has 9 heteroatoms. The molecule has 8 nitrogen and oxygen atoms in total. The molecule has 0 aliphatic rings. The zero-order valence-corrected chi connectivity index (χ0v) is 31.3. The monoisotopic (exact) mass is 686 g/mol. The van der Waals surface area contributed by atoms with Crippen molar-refractivity contribution in [1.29, 1.82) is 0 Å². The first-order valence-electron chi connectivity index (χ1n) is 19.0. The van der Waals surface area contributed by atoms with Crippen LogP contribution in [-0.2, 0) is 32.7 Å². The highest BCUT2D eigenvalue weighted by molar-refractivity contribution is 7.47. The number of esters is 2. The number of allylic oxidation sites excluding steroid dienone is 4. The van der Waals surface area contributed by atoms with Gasteiger partial charge in [-0.05, 0) is 38.5 Å². The number of carbonyl (C=O) groups is 2. The molecule has 0 aliphatic carbocycles. The van der Waals surface area contributed by atoms with Gasteiger partial charge in [-0.2, -0.15) is 0 Å². The lowest BCUT2D eigenvalue weighted by atomic mass is 10.0. The van der Waals surface area contributed by atoms with Gasteiger partial charge in [0.05, 0.1) is 6.61 Å². The number of unbranched alkanes of at least 4 members (excludes halogenated alkanes) is 20. The number of phosphoric acid groups is 1. The Hall–Kier alpha value is -1.47. The van der Waals surface area contributed by atoms with Crippen LogP contribution in [0.3, 0.4) is 0 Å². The van der Waals surface area contributed by atoms with Gasteiger partial charge >= 0.3 is 19.8 Å². The number of phosphoric ester groups is 1. The highest BCUT2D eigenvalue weighted by atomic mass is 31.2. The molecule has 0 fully saturated rings. The first-order valence-corrected chi connectivity index (χ1v) is 20.5. The van der Waals surface area contributed by atoms with Crippen molar-refractivity contribution in [2.75, 3.05) is 20.3 Å². The standard InChI is InChI=1S/C38H71O8P/c1-4-6-8-10-12-14-16-18-19-21-22-24-26-28-30-32-37(39)44-34-36(35-45-47(41,42)43-3)46-38(40)33-31-29-27-25-23-20-17-15-13-11-9-7-5-2/h9,11,15,17,36H,4-8,10,12-14,16,18-35H2,1-3H3,(H,41,42)/b11-9-,17-15-. The van der Waals surface area contributed by atoms with Crippen LogP contribution in [0.2, 0.25) is 0 Å². The quantitative estimate of drug-likeness (QED) is 0.0304. The molecule has 0 heterocycles. The Bertz CT molecular complexity index is 829. The second-order valence-corrected chi connectivity index (χ2v) is 14.3. The molecule has 0 amide bonds. The SMILES string of the molecule is CCC/C=C\C/C=C\CCCCCCCC(=O)OC(COC(=O)CCCCCCCCCCCCCCCCC)COP(=O)(O)OC. The lowest BCUT2D eigenvalue weighted by Crippen LogP contribution is -2.29. The van der Waals surface area contributed by atoms with Crippen LogP contribution in [0.4, 0.5) is 0 Å². The Kier molecular flexibility index (Phi) is 33.3. The minimum Gasteiger partial charge on any atom is -0.462 e. The van der Waals surface area contributed by atoms with Crippen LogP contribution >= 0.6 is 7.82 Å². The van der Waals surface area contributed by atoms with Crippen LogP contribution in [0.25, 0.3) is 0 Å². The smallest absolute Gasteiger partial charge is 0.462 e. The summed E-state index contributed by atoms with van der Waals surface area (Å²) in [7, 11) is -3.20. The van der Waals surface area contributed by atoms with Crippen LogP contribution in [0, 0.1) is 0 Å². The van der Waals surface area contributed by atoms with Crippen molar-refractivity contribution in [3.05, 3.63) is 24.3 Å². The van der Waals surface area contributed by atoms with Crippen molar-refractivity contribution >= 4 is 19.8 Å². The van der Waals surface area contributed by atoms with Gasteiger partial charge in [-0.1, -0.05) is 154 Å². The number of rotatable bonds is 35. The Morgan fingerprint density at radius 1 is 0.596 bits per heavy atom. The normalized spacial score (nSPS) is 13.7. The molecule has 0 bridgehead atoms. The first-order chi connectivity index (χ1) is 22.8. The lowest BCUT2D eigenvalue weighted by molar-refractivity contribution is -0.161. The van der Waals surface area contributed by atoms with E-state index in [9.17, 15) is 19.0 Å². The van der Waals surface area contributed by atoms with Gasteiger partial charge < -0.3 is 14.4 Å². The van der Waals surface area contributed by atoms with E-state index in [0.717, 1.165) is 71.3 Å². The first kappa shape index (κ1) is 45.5. The lowest BCUT2D eigenvalue weighted by Gasteiger charge is -2.19. The molecular formula is C38H71O8P. The second kappa shape index (κ2) is 34.4. The summed E-state index contributed by atoms with van der Waals surface area (Å²) in [4.78, 5) is 34.3. The number of ether oxygens (including phenoxy) is 2. The zero-order chi connectivity index (χ0) is 34.7. The van der Waals surface area contributed by atoms with Crippen LogP contribution in [0.15, 0.2) is 24.3 Å². The molecular weight excluding hydrogens is 615 g/mol. The Morgan fingerprint density at radius 3 is 1.57 bits per heavy atom. The molecule has 0 aromatic heterocycles. The molecule has 47 heavy (non-hydrogen) atoms. The predicted molar refractivity (Wildman–Crippen MR) is 193 cm³/mol. The number of hydrogen-bond donors (Lipinski definition) is 1. The fraction of sp³-hybridized carbons (Fsp3) is 0.842. The highest BCUT2D eigenvalue weighted by Crippen LogP contribution is 2.42. The van der Waals surface area contributed by atoms with Crippen molar-refractivity contribution in [3.8, 4) is 0 Å². The molecule has 0 aromatic carbocycles. The van der Waals surface area contributed by atoms with Crippen LogP contribution in [0.5, 0.6) is 0 Å². The van der Waals surface area contributed by atoms with Crippen LogP contribution in [0.1, 0.15) is 181 Å². The van der Waals surface area contributed by atoms with E-state index < -0.39 is 26.5 Å². The summed E-state index contributed by atoms with van der Waals surface area (Å²) in [6.45, 7) is 3.81. The van der Waals surface area contributed by atoms with Gasteiger partial charge in [-0.25, -0.2) is 4.57 Å². The molecule has 276 valence electrons. The van der Waals surface area contributed by atoms with Crippen molar-refractivity contribution in [3.63, 3.8) is 0 Å². The van der Waals surface area contributed by atoms with E-state index >= 15 is 0 Å². The third-order valence-corrected chi connectivity index (χ3v) is 9.12. The van der Waals surface area contributed by atoms with Gasteiger partial charge in [0.15, 0.2) is 6.10 Å². The third-order valence-electron chi connectivity index (χ3n) is 8.18. The number of hydrogen-bond acceptors (Lipinski definition) is 7. The van der Waals surface area contributed by atoms with Gasteiger partial charge in [0, 0.05) is 20.0 Å². The average molecular weight is 687 g/mol. The molecule has 2 unspecified atom stereocenters. The van der Waals surface area contributed by atoms with Gasteiger partial charge in [0.2, 0.25) is 0 Å². The topological polar surface area (TPSA) is 108 Å². The molecule has 0 rings (SSSR count). The maximum Gasteiger partial charge on any atom is 0.472 e. The summed E-state index contributed by atoms with van der Waals surface area (Å²) in [5.74, 6) is -0.816. The van der Waals surface area contributed by atoms with Gasteiger partial charge in [0.1, 0.15) is 6.61 Å². The van der Waals surface area contributed by atoms with E-state index in [4.69, 9.17) is 14.0 Å². The van der Waals surface area contributed by atoms with Crippen LogP contribution < -0.4 is 0 Å². The molecule has 0 aliphatic heterocycles. The largest absolute Gasteiger partial charge is 0.472 e. The number of carbonyl (C=O) groups excluding carboxylic acids is 2. The molecule has 0 radical (unpaired) electrons. The van der Waals surface area contributed by atoms with Gasteiger partial charge in [-0.15, -0.1) is 0 Å². The van der Waals surface area contributed by atoms with E-state index in [1.807, 2.05) is 0 Å². The van der Waals surface area contributed by atoms with Crippen LogP contribution in [-0.4, -0.2) is 43.3 Å². The summed E-state index contributed by atoms with van der Waals surface area (Å²) in [5, 5.41) is 0.